The predicted molar refractivity (Wildman–Crippen MR) is 110 cm³/mol. The van der Waals surface area contributed by atoms with E-state index in [0.29, 0.717) is 6.61 Å². The first-order valence-corrected chi connectivity index (χ1v) is 9.40. The SMILES string of the molecule is CCOc1ccc(C[NH+](C)[C@H](C)C(=O)Nc2ccc3ccccc3c2)cc1. The molecule has 27 heavy (non-hydrogen) atoms. The third-order valence-corrected chi connectivity index (χ3v) is 4.87. The van der Waals surface area contributed by atoms with Gasteiger partial charge in [-0.1, -0.05) is 30.3 Å². The number of amides is 1. The number of likely N-dealkylation sites (N-methyl/N-ethyl adjacent to an activating group) is 1. The van der Waals surface area contributed by atoms with Crippen LogP contribution in [0.5, 0.6) is 5.75 Å². The van der Waals surface area contributed by atoms with E-state index >= 15 is 0 Å². The number of carbonyl (C=O) groups is 1. The molecule has 0 aromatic heterocycles. The quantitative estimate of drug-likeness (QED) is 0.676. The molecule has 0 saturated heterocycles. The lowest BCUT2D eigenvalue weighted by atomic mass is 10.1. The van der Waals surface area contributed by atoms with E-state index in [1.807, 2.05) is 63.4 Å². The highest BCUT2D eigenvalue weighted by molar-refractivity contribution is 5.96. The summed E-state index contributed by atoms with van der Waals surface area (Å²) < 4.78 is 5.48. The van der Waals surface area contributed by atoms with Crippen molar-refractivity contribution in [1.82, 2.24) is 0 Å². The van der Waals surface area contributed by atoms with Gasteiger partial charge in [-0.25, -0.2) is 0 Å². The van der Waals surface area contributed by atoms with Gasteiger partial charge in [-0.3, -0.25) is 4.79 Å². The fourth-order valence-electron chi connectivity index (χ4n) is 3.09. The van der Waals surface area contributed by atoms with Crippen LogP contribution in [0, 0.1) is 0 Å². The van der Waals surface area contributed by atoms with Crippen LogP contribution in [-0.2, 0) is 11.3 Å². The van der Waals surface area contributed by atoms with Gasteiger partial charge < -0.3 is 15.0 Å². The van der Waals surface area contributed by atoms with E-state index in [-0.39, 0.29) is 11.9 Å². The molecule has 3 rings (SSSR count). The lowest BCUT2D eigenvalue weighted by Crippen LogP contribution is -3.12. The molecule has 0 aliphatic carbocycles. The van der Waals surface area contributed by atoms with Gasteiger partial charge >= 0.3 is 0 Å². The smallest absolute Gasteiger partial charge is 0.282 e. The molecule has 0 saturated carbocycles. The van der Waals surface area contributed by atoms with Gasteiger partial charge in [0.25, 0.3) is 5.91 Å². The maximum absolute atomic E-state index is 12.7. The average molecular weight is 363 g/mol. The van der Waals surface area contributed by atoms with Crippen LogP contribution >= 0.6 is 0 Å². The molecule has 4 nitrogen and oxygen atoms in total. The first kappa shape index (κ1) is 18.9. The Balaban J connectivity index is 1.61. The zero-order valence-corrected chi connectivity index (χ0v) is 16.2. The van der Waals surface area contributed by atoms with Gasteiger partial charge in [-0.15, -0.1) is 0 Å². The van der Waals surface area contributed by atoms with Crippen LogP contribution in [0.4, 0.5) is 5.69 Å². The molecule has 3 aromatic rings. The molecule has 0 fully saturated rings. The summed E-state index contributed by atoms with van der Waals surface area (Å²) in [6.45, 7) is 5.37. The van der Waals surface area contributed by atoms with E-state index in [9.17, 15) is 4.79 Å². The number of hydrogen-bond acceptors (Lipinski definition) is 2. The number of rotatable bonds is 7. The molecule has 1 unspecified atom stereocenters. The summed E-state index contributed by atoms with van der Waals surface area (Å²) in [6.07, 6.45) is 0. The Labute approximate surface area is 160 Å². The Morgan fingerprint density at radius 3 is 2.44 bits per heavy atom. The minimum atomic E-state index is -0.164. The Bertz CT molecular complexity index is 906. The van der Waals surface area contributed by atoms with Gasteiger partial charge in [0.1, 0.15) is 12.3 Å². The number of hydrogen-bond donors (Lipinski definition) is 2. The molecule has 0 aliphatic heterocycles. The summed E-state index contributed by atoms with van der Waals surface area (Å²) in [4.78, 5) is 13.8. The Morgan fingerprint density at radius 1 is 1.04 bits per heavy atom. The fourth-order valence-corrected chi connectivity index (χ4v) is 3.09. The van der Waals surface area contributed by atoms with Crippen molar-refractivity contribution >= 4 is 22.4 Å². The van der Waals surface area contributed by atoms with Crippen molar-refractivity contribution in [3.8, 4) is 5.75 Å². The van der Waals surface area contributed by atoms with Crippen LogP contribution in [0.25, 0.3) is 10.8 Å². The summed E-state index contributed by atoms with van der Waals surface area (Å²) in [6, 6.07) is 22.1. The Morgan fingerprint density at radius 2 is 1.74 bits per heavy atom. The van der Waals surface area contributed by atoms with E-state index in [1.54, 1.807) is 0 Å². The molecule has 2 N–H and O–H groups in total. The number of fused-ring (bicyclic) bond motifs is 1. The number of benzene rings is 3. The van der Waals surface area contributed by atoms with Gasteiger partial charge in [0.2, 0.25) is 0 Å². The summed E-state index contributed by atoms with van der Waals surface area (Å²) in [7, 11) is 2.04. The summed E-state index contributed by atoms with van der Waals surface area (Å²) in [5, 5.41) is 5.34. The molecule has 4 heteroatoms. The van der Waals surface area contributed by atoms with Gasteiger partial charge in [-0.05, 0) is 61.0 Å². The molecule has 0 spiro atoms. The largest absolute Gasteiger partial charge is 0.494 e. The van der Waals surface area contributed by atoms with Crippen LogP contribution in [0.15, 0.2) is 66.7 Å². The van der Waals surface area contributed by atoms with Gasteiger partial charge in [-0.2, -0.15) is 0 Å². The molecule has 3 aromatic carbocycles. The second-order valence-electron chi connectivity index (χ2n) is 6.87. The molecule has 1 amide bonds. The standard InChI is InChI=1S/C23H26N2O2/c1-4-27-22-13-9-18(10-14-22)16-25(3)17(2)23(26)24-21-12-11-19-7-5-6-8-20(19)15-21/h5-15,17H,4,16H2,1-3H3,(H,24,26)/p+1/t17-/m1/s1. The third-order valence-electron chi connectivity index (χ3n) is 4.87. The van der Waals surface area contributed by atoms with Crippen LogP contribution in [0.1, 0.15) is 19.4 Å². The number of anilines is 1. The maximum Gasteiger partial charge on any atom is 0.282 e. The fraction of sp³-hybridized carbons (Fsp3) is 0.261. The second-order valence-corrected chi connectivity index (χ2v) is 6.87. The summed E-state index contributed by atoms with van der Waals surface area (Å²) in [5.41, 5.74) is 2.01. The monoisotopic (exact) mass is 363 g/mol. The normalized spacial score (nSPS) is 13.1. The molecule has 0 heterocycles. The van der Waals surface area contributed by atoms with Crippen molar-refractivity contribution in [1.29, 1.82) is 0 Å². The van der Waals surface area contributed by atoms with Gasteiger partial charge in [0.15, 0.2) is 6.04 Å². The second kappa shape index (κ2) is 8.69. The topological polar surface area (TPSA) is 42.8 Å². The van der Waals surface area contributed by atoms with Crippen molar-refractivity contribution in [3.05, 3.63) is 72.3 Å². The van der Waals surface area contributed by atoms with E-state index in [0.717, 1.165) is 28.3 Å². The predicted octanol–water partition coefficient (Wildman–Crippen LogP) is 3.28. The molecular weight excluding hydrogens is 336 g/mol. The van der Waals surface area contributed by atoms with Crippen molar-refractivity contribution in [2.24, 2.45) is 0 Å². The number of nitrogens with one attached hydrogen (secondary N) is 2. The lowest BCUT2D eigenvalue weighted by molar-refractivity contribution is -0.907. The third kappa shape index (κ3) is 4.86. The van der Waals surface area contributed by atoms with E-state index in [2.05, 4.69) is 29.6 Å². The zero-order valence-electron chi connectivity index (χ0n) is 16.2. The number of quaternary nitrogens is 1. The van der Waals surface area contributed by atoms with Gasteiger partial charge in [0.05, 0.1) is 13.7 Å². The maximum atomic E-state index is 12.7. The van der Waals surface area contributed by atoms with Crippen molar-refractivity contribution < 1.29 is 14.4 Å². The summed E-state index contributed by atoms with van der Waals surface area (Å²) in [5.74, 6) is 0.898. The minimum absolute atomic E-state index is 0.0220. The van der Waals surface area contributed by atoms with Crippen LogP contribution in [0.2, 0.25) is 0 Å². The first-order chi connectivity index (χ1) is 13.1. The highest BCUT2D eigenvalue weighted by atomic mass is 16.5. The van der Waals surface area contributed by atoms with Crippen LogP contribution < -0.4 is 15.0 Å². The van der Waals surface area contributed by atoms with Crippen LogP contribution in [-0.4, -0.2) is 25.6 Å². The number of ether oxygens (including phenoxy) is 1. The zero-order chi connectivity index (χ0) is 19.2. The van der Waals surface area contributed by atoms with Crippen molar-refractivity contribution in [2.75, 3.05) is 19.0 Å². The van der Waals surface area contributed by atoms with Crippen molar-refractivity contribution in [2.45, 2.75) is 26.4 Å². The molecule has 2 atom stereocenters. The van der Waals surface area contributed by atoms with E-state index in [1.165, 1.54) is 10.9 Å². The highest BCUT2D eigenvalue weighted by Gasteiger charge is 2.22. The number of carbonyl (C=O) groups excluding carboxylic acids is 1. The van der Waals surface area contributed by atoms with E-state index in [4.69, 9.17) is 4.74 Å². The molecule has 0 aliphatic rings. The Hall–Kier alpha value is -2.85. The average Bonchev–Trinajstić information content (AvgIpc) is 2.69. The molecular formula is C23H27N2O2+. The van der Waals surface area contributed by atoms with E-state index < -0.39 is 0 Å². The van der Waals surface area contributed by atoms with Gasteiger partial charge in [0, 0.05) is 11.3 Å². The molecule has 140 valence electrons. The van der Waals surface area contributed by atoms with Crippen molar-refractivity contribution in [3.63, 3.8) is 0 Å². The minimum Gasteiger partial charge on any atom is -0.494 e. The molecule has 0 bridgehead atoms. The molecule has 0 radical (unpaired) electrons. The van der Waals surface area contributed by atoms with Crippen LogP contribution in [0.3, 0.4) is 0 Å². The first-order valence-electron chi connectivity index (χ1n) is 9.40. The lowest BCUT2D eigenvalue weighted by Gasteiger charge is -2.21. The summed E-state index contributed by atoms with van der Waals surface area (Å²) >= 11 is 0. The Kier molecular flexibility index (Phi) is 6.09. The highest BCUT2D eigenvalue weighted by Crippen LogP contribution is 2.18.